The van der Waals surface area contributed by atoms with Crippen LogP contribution < -0.4 is 34.0 Å². The molecule has 3 aliphatic rings. The van der Waals surface area contributed by atoms with Crippen molar-refractivity contribution in [2.24, 2.45) is 28.7 Å². The minimum absolute atomic E-state index is 0.00439. The molecule has 0 aromatic carbocycles. The van der Waals surface area contributed by atoms with Gasteiger partial charge in [0.25, 0.3) is 0 Å². The van der Waals surface area contributed by atoms with Crippen molar-refractivity contribution in [1.29, 1.82) is 0 Å². The van der Waals surface area contributed by atoms with Crippen LogP contribution in [0.5, 0.6) is 0 Å². The topological polar surface area (TPSA) is 297 Å². The molecule has 204 valence electrons. The van der Waals surface area contributed by atoms with Gasteiger partial charge in [-0.2, -0.15) is 0 Å². The lowest BCUT2D eigenvalue weighted by molar-refractivity contribution is -0.315. The molecule has 0 bridgehead atoms. The number of rotatable bonds is 7. The van der Waals surface area contributed by atoms with E-state index >= 15 is 0 Å². The largest absolute Gasteiger partial charge is 0.394 e. The van der Waals surface area contributed by atoms with E-state index < -0.39 is 98.2 Å². The van der Waals surface area contributed by atoms with Crippen molar-refractivity contribution in [3.8, 4) is 0 Å². The van der Waals surface area contributed by atoms with Gasteiger partial charge in [0.2, 0.25) is 0 Å². The molecule has 2 heterocycles. The summed E-state index contributed by atoms with van der Waals surface area (Å²) in [6.07, 6.45) is -12.0. The van der Waals surface area contributed by atoms with Crippen molar-refractivity contribution in [2.75, 3.05) is 13.2 Å². The van der Waals surface area contributed by atoms with Gasteiger partial charge in [-0.15, -0.1) is 0 Å². The Balaban J connectivity index is 1.78. The van der Waals surface area contributed by atoms with Gasteiger partial charge in [0.1, 0.15) is 36.6 Å². The Kier molecular flexibility index (Phi) is 9.60. The molecule has 0 spiro atoms. The van der Waals surface area contributed by atoms with Crippen LogP contribution in [0, 0.1) is 0 Å². The molecule has 16 N–H and O–H groups in total. The molecule has 16 nitrogen and oxygen atoms in total. The Morgan fingerprint density at radius 3 is 2.11 bits per heavy atom. The lowest BCUT2D eigenvalue weighted by atomic mass is 9.83. The summed E-state index contributed by atoms with van der Waals surface area (Å²) in [5.41, 5.74) is 29.0. The van der Waals surface area contributed by atoms with E-state index in [9.17, 15) is 30.3 Å². The molecular formula is C19H38N6O10. The zero-order valence-corrected chi connectivity index (χ0v) is 19.1. The highest BCUT2D eigenvalue weighted by molar-refractivity contribution is 5.72. The molecule has 3 fully saturated rings. The van der Waals surface area contributed by atoms with Crippen LogP contribution in [-0.4, -0.2) is 130 Å². The molecular weight excluding hydrogens is 472 g/mol. The predicted molar refractivity (Wildman–Crippen MR) is 117 cm³/mol. The van der Waals surface area contributed by atoms with Gasteiger partial charge in [-0.05, 0) is 12.8 Å². The molecule has 2 aliphatic heterocycles. The molecule has 14 atom stereocenters. The number of carbonyl (C=O) groups is 1. The molecule has 0 aromatic heterocycles. The fraction of sp³-hybridized carbons (Fsp3) is 0.947. The second kappa shape index (κ2) is 11.9. The van der Waals surface area contributed by atoms with E-state index in [2.05, 4.69) is 5.32 Å². The summed E-state index contributed by atoms with van der Waals surface area (Å²) in [5.74, 6) is 0. The highest BCUT2D eigenvalue weighted by Crippen LogP contribution is 2.31. The first-order valence-electron chi connectivity index (χ1n) is 11.5. The van der Waals surface area contributed by atoms with Gasteiger partial charge in [0.05, 0.1) is 36.9 Å². The third-order valence-corrected chi connectivity index (χ3v) is 6.70. The summed E-state index contributed by atoms with van der Waals surface area (Å²) in [4.78, 5) is 11.6. The smallest absolute Gasteiger partial charge is 0.312 e. The Hall–Kier alpha value is -1.25. The number of hydrogen-bond donors (Lipinski definition) is 11. The SMILES string of the molecule is NC[C@H]1O[C@H](O[C@H]2[C@H](O)[C@@H](O[C@H]3O[C@H](CO)[C@@H](O)[C@H](N)[C@H]3O)[C@H](N)C[C@@H]2NC(N)=O)[C@H](N)C[C@@H]1O. The normalized spacial score (nSPS) is 48.9. The molecule has 16 heteroatoms. The zero-order chi connectivity index (χ0) is 26.0. The van der Waals surface area contributed by atoms with Gasteiger partial charge in [-0.3, -0.25) is 0 Å². The maximum atomic E-state index is 11.6. The third kappa shape index (κ3) is 6.19. The molecule has 0 unspecified atom stereocenters. The lowest BCUT2D eigenvalue weighted by Gasteiger charge is -2.48. The van der Waals surface area contributed by atoms with E-state index in [0.29, 0.717) is 0 Å². The Bertz CT molecular complexity index is 709. The van der Waals surface area contributed by atoms with Crippen LogP contribution in [0.4, 0.5) is 4.79 Å². The van der Waals surface area contributed by atoms with Crippen LogP contribution in [0.15, 0.2) is 0 Å². The molecule has 0 aromatic rings. The van der Waals surface area contributed by atoms with E-state index in [-0.39, 0.29) is 19.4 Å². The van der Waals surface area contributed by atoms with Gasteiger partial charge in [0.15, 0.2) is 12.6 Å². The van der Waals surface area contributed by atoms with Crippen LogP contribution in [-0.2, 0) is 18.9 Å². The quantitative estimate of drug-likeness (QED) is 0.152. The minimum atomic E-state index is -1.51. The number of nitrogens with one attached hydrogen (secondary N) is 1. The summed E-state index contributed by atoms with van der Waals surface area (Å²) >= 11 is 0. The van der Waals surface area contributed by atoms with Crippen molar-refractivity contribution in [2.45, 2.75) is 98.4 Å². The van der Waals surface area contributed by atoms with Crippen molar-refractivity contribution in [1.82, 2.24) is 5.32 Å². The number of aliphatic hydroxyl groups excluding tert-OH is 5. The molecule has 2 amide bonds. The Morgan fingerprint density at radius 1 is 0.886 bits per heavy atom. The number of urea groups is 1. The number of ether oxygens (including phenoxy) is 4. The van der Waals surface area contributed by atoms with Crippen LogP contribution in [0.2, 0.25) is 0 Å². The van der Waals surface area contributed by atoms with Gasteiger partial charge >= 0.3 is 6.03 Å². The van der Waals surface area contributed by atoms with E-state index in [1.807, 2.05) is 0 Å². The number of primary amides is 1. The van der Waals surface area contributed by atoms with E-state index in [1.54, 1.807) is 0 Å². The minimum Gasteiger partial charge on any atom is -0.394 e. The summed E-state index contributed by atoms with van der Waals surface area (Å²) in [7, 11) is 0. The second-order valence-corrected chi connectivity index (χ2v) is 9.24. The van der Waals surface area contributed by atoms with Crippen molar-refractivity contribution in [3.63, 3.8) is 0 Å². The average Bonchev–Trinajstić information content (AvgIpc) is 2.79. The molecule has 1 aliphatic carbocycles. The number of aliphatic hydroxyl groups is 5. The van der Waals surface area contributed by atoms with E-state index in [0.717, 1.165) is 0 Å². The first-order chi connectivity index (χ1) is 16.5. The van der Waals surface area contributed by atoms with Crippen LogP contribution in [0.3, 0.4) is 0 Å². The molecule has 35 heavy (non-hydrogen) atoms. The lowest BCUT2D eigenvalue weighted by Crippen LogP contribution is -2.69. The Morgan fingerprint density at radius 2 is 1.51 bits per heavy atom. The van der Waals surface area contributed by atoms with Crippen molar-refractivity contribution in [3.05, 3.63) is 0 Å². The second-order valence-electron chi connectivity index (χ2n) is 9.24. The fourth-order valence-electron chi connectivity index (χ4n) is 4.71. The first-order valence-corrected chi connectivity index (χ1v) is 11.5. The number of amides is 2. The maximum Gasteiger partial charge on any atom is 0.312 e. The maximum absolute atomic E-state index is 11.6. The summed E-state index contributed by atoms with van der Waals surface area (Å²) in [5, 5.41) is 53.6. The standard InChI is InChI=1S/C19H38N6O10/c20-3-9-8(27)2-6(22)17(32-9)35-16-7(25-19(24)31)1-5(21)15(14(16)30)34-18-13(29)11(23)12(28)10(4-26)33-18/h5-18,26-30H,1-4,20-23H2,(H3,24,25,31)/t5-,6-,7+,8+,9-,10-,11+,12-,13-,14-,15+,16-,17-,18-/m1/s1. The number of carbonyl (C=O) groups excluding carboxylic acids is 1. The first kappa shape index (κ1) is 28.3. The highest BCUT2D eigenvalue weighted by atomic mass is 16.7. The molecule has 2 saturated heterocycles. The number of nitrogens with two attached hydrogens (primary N) is 5. The third-order valence-electron chi connectivity index (χ3n) is 6.70. The fourth-order valence-corrected chi connectivity index (χ4v) is 4.71. The van der Waals surface area contributed by atoms with Crippen LogP contribution >= 0.6 is 0 Å². The summed E-state index contributed by atoms with van der Waals surface area (Å²) in [6.45, 7) is -0.599. The average molecular weight is 511 g/mol. The summed E-state index contributed by atoms with van der Waals surface area (Å²) < 4.78 is 22.8. The predicted octanol–water partition coefficient (Wildman–Crippen LogP) is -6.59. The van der Waals surface area contributed by atoms with Crippen LogP contribution in [0.1, 0.15) is 12.8 Å². The summed E-state index contributed by atoms with van der Waals surface area (Å²) in [6, 6.07) is -4.64. The van der Waals surface area contributed by atoms with Crippen molar-refractivity contribution < 1.29 is 49.3 Å². The van der Waals surface area contributed by atoms with Gasteiger partial charge < -0.3 is 78.5 Å². The molecule has 3 rings (SSSR count). The molecule has 0 radical (unpaired) electrons. The highest BCUT2D eigenvalue weighted by Gasteiger charge is 2.51. The monoisotopic (exact) mass is 510 g/mol. The van der Waals surface area contributed by atoms with Gasteiger partial charge in [0, 0.05) is 12.6 Å². The number of hydrogen-bond acceptors (Lipinski definition) is 14. The van der Waals surface area contributed by atoms with Gasteiger partial charge in [-0.1, -0.05) is 0 Å². The van der Waals surface area contributed by atoms with E-state index in [1.165, 1.54) is 0 Å². The zero-order valence-electron chi connectivity index (χ0n) is 19.1. The van der Waals surface area contributed by atoms with Gasteiger partial charge in [-0.25, -0.2) is 4.79 Å². The van der Waals surface area contributed by atoms with E-state index in [4.69, 9.17) is 47.6 Å². The van der Waals surface area contributed by atoms with Crippen molar-refractivity contribution >= 4 is 6.03 Å². The Labute approximate surface area is 201 Å². The van der Waals surface area contributed by atoms with Crippen LogP contribution in [0.25, 0.3) is 0 Å². The molecule has 1 saturated carbocycles.